The van der Waals surface area contributed by atoms with E-state index in [1.165, 1.54) is 18.3 Å². The molecule has 148 valence electrons. The summed E-state index contributed by atoms with van der Waals surface area (Å²) in [5.41, 5.74) is 6.27. The third-order valence-corrected chi connectivity index (χ3v) is 5.22. The van der Waals surface area contributed by atoms with E-state index in [1.807, 2.05) is 38.3 Å². The van der Waals surface area contributed by atoms with E-state index in [2.05, 4.69) is 32.5 Å². The molecule has 3 rings (SSSR count). The highest BCUT2D eigenvalue weighted by atomic mass is 79.9. The Kier molecular flexibility index (Phi) is 5.62. The summed E-state index contributed by atoms with van der Waals surface area (Å²) in [4.78, 5) is 12.2. The van der Waals surface area contributed by atoms with E-state index in [4.69, 9.17) is 4.42 Å². The fourth-order valence-electron chi connectivity index (χ4n) is 3.04. The van der Waals surface area contributed by atoms with Gasteiger partial charge in [-0.2, -0.15) is 10.4 Å². The molecule has 1 amide bonds. The molecular weight excluding hydrogens is 436 g/mol. The summed E-state index contributed by atoms with van der Waals surface area (Å²) in [6.07, 6.45) is 1.51. The second-order valence-electron chi connectivity index (χ2n) is 6.60. The van der Waals surface area contributed by atoms with Crippen LogP contribution in [0.25, 0.3) is 5.88 Å². The number of halogens is 1. The van der Waals surface area contributed by atoms with Crippen molar-refractivity contribution in [2.75, 3.05) is 0 Å². The maximum Gasteiger partial charge on any atom is 0.275 e. The summed E-state index contributed by atoms with van der Waals surface area (Å²) >= 11 is 3.27. The van der Waals surface area contributed by atoms with Gasteiger partial charge >= 0.3 is 0 Å². The van der Waals surface area contributed by atoms with Crippen LogP contribution in [0.15, 0.2) is 38.3 Å². The molecule has 2 N–H and O–H groups in total. The van der Waals surface area contributed by atoms with Crippen molar-refractivity contribution in [2.24, 2.45) is 5.10 Å². The first-order valence-corrected chi connectivity index (χ1v) is 9.55. The van der Waals surface area contributed by atoms with Gasteiger partial charge in [0.05, 0.1) is 11.8 Å². The van der Waals surface area contributed by atoms with E-state index >= 15 is 0 Å². The number of aromatic hydroxyl groups is 1. The van der Waals surface area contributed by atoms with Gasteiger partial charge in [-0.1, -0.05) is 15.9 Å². The zero-order chi connectivity index (χ0) is 21.3. The lowest BCUT2D eigenvalue weighted by atomic mass is 10.2. The third kappa shape index (κ3) is 3.82. The largest absolute Gasteiger partial charge is 0.507 e. The summed E-state index contributed by atoms with van der Waals surface area (Å²) < 4.78 is 8.34. The van der Waals surface area contributed by atoms with Crippen LogP contribution in [0.1, 0.15) is 44.2 Å². The van der Waals surface area contributed by atoms with Crippen molar-refractivity contribution in [1.29, 1.82) is 5.26 Å². The molecule has 1 aromatic carbocycles. The number of phenolic OH excluding ortho intramolecular Hbond substituents is 1. The second-order valence-corrected chi connectivity index (χ2v) is 7.51. The first-order chi connectivity index (χ1) is 13.7. The van der Waals surface area contributed by atoms with Crippen LogP contribution in [-0.4, -0.2) is 21.8 Å². The summed E-state index contributed by atoms with van der Waals surface area (Å²) in [5, 5.41) is 23.3. The zero-order valence-electron chi connectivity index (χ0n) is 16.4. The van der Waals surface area contributed by atoms with Crippen LogP contribution in [0.2, 0.25) is 0 Å². The quantitative estimate of drug-likeness (QED) is 0.449. The van der Waals surface area contributed by atoms with E-state index in [-0.39, 0.29) is 11.3 Å². The molecule has 3 aromatic rings. The van der Waals surface area contributed by atoms with Gasteiger partial charge < -0.3 is 9.52 Å². The Morgan fingerprint density at radius 2 is 2.03 bits per heavy atom. The minimum atomic E-state index is -0.530. The Bertz CT molecular complexity index is 1180. The van der Waals surface area contributed by atoms with Crippen molar-refractivity contribution >= 4 is 28.1 Å². The molecule has 0 fully saturated rings. The Labute approximate surface area is 176 Å². The van der Waals surface area contributed by atoms with Gasteiger partial charge in [0, 0.05) is 27.0 Å². The second kappa shape index (κ2) is 7.97. The molecule has 0 bridgehead atoms. The van der Waals surface area contributed by atoms with Crippen LogP contribution < -0.4 is 5.43 Å². The summed E-state index contributed by atoms with van der Waals surface area (Å²) in [6, 6.07) is 8.66. The highest BCUT2D eigenvalue weighted by Crippen LogP contribution is 2.28. The fourth-order valence-corrected chi connectivity index (χ4v) is 3.40. The highest BCUT2D eigenvalue weighted by Gasteiger charge is 2.20. The zero-order valence-corrected chi connectivity index (χ0v) is 18.0. The molecule has 0 aliphatic carbocycles. The number of carbonyl (C=O) groups is 1. The van der Waals surface area contributed by atoms with Crippen molar-refractivity contribution in [3.05, 3.63) is 68.1 Å². The molecule has 8 heteroatoms. The van der Waals surface area contributed by atoms with Gasteiger partial charge in [-0.25, -0.2) is 5.43 Å². The van der Waals surface area contributed by atoms with Crippen molar-refractivity contribution in [3.8, 4) is 17.7 Å². The van der Waals surface area contributed by atoms with Gasteiger partial charge in [0.25, 0.3) is 5.91 Å². The van der Waals surface area contributed by atoms with E-state index in [9.17, 15) is 15.2 Å². The number of nitrogens with zero attached hydrogens (tertiary/aromatic N) is 3. The van der Waals surface area contributed by atoms with Gasteiger partial charge in [-0.15, -0.1) is 0 Å². The number of aromatic nitrogens is 1. The standard InChI is InChI=1S/C21H19BrN4O3/c1-11-7-15(10-24-25-20(28)17-8-16(22)5-6-19(17)27)13(3)26(11)21-18(9-23)12(2)14(4)29-21/h5-8,10,27H,1-4H3,(H,25,28)/b24-10-. The number of carbonyl (C=O) groups excluding carboxylic acids is 1. The predicted octanol–water partition coefficient (Wildman–Crippen LogP) is 4.41. The molecular formula is C21H19BrN4O3. The van der Waals surface area contributed by atoms with Crippen LogP contribution in [-0.2, 0) is 0 Å². The number of amides is 1. The summed E-state index contributed by atoms with van der Waals surface area (Å²) in [7, 11) is 0. The molecule has 0 spiro atoms. The van der Waals surface area contributed by atoms with Crippen molar-refractivity contribution in [3.63, 3.8) is 0 Å². The Balaban J connectivity index is 1.88. The van der Waals surface area contributed by atoms with Crippen LogP contribution in [0, 0.1) is 39.0 Å². The lowest BCUT2D eigenvalue weighted by Crippen LogP contribution is -2.17. The lowest BCUT2D eigenvalue weighted by Gasteiger charge is -2.06. The molecule has 29 heavy (non-hydrogen) atoms. The number of rotatable bonds is 4. The molecule has 2 aromatic heterocycles. The Morgan fingerprint density at radius 3 is 2.72 bits per heavy atom. The smallest absolute Gasteiger partial charge is 0.275 e. The molecule has 0 unspecified atom stereocenters. The molecule has 0 saturated carbocycles. The third-order valence-electron chi connectivity index (χ3n) is 4.72. The minimum absolute atomic E-state index is 0.113. The van der Waals surface area contributed by atoms with Gasteiger partial charge in [0.15, 0.2) is 0 Å². The number of aryl methyl sites for hydroxylation is 2. The van der Waals surface area contributed by atoms with E-state index in [0.29, 0.717) is 21.7 Å². The normalized spacial score (nSPS) is 11.0. The number of hydrazone groups is 1. The highest BCUT2D eigenvalue weighted by molar-refractivity contribution is 9.10. The first kappa shape index (κ1) is 20.4. The summed E-state index contributed by atoms with van der Waals surface area (Å²) in [6.45, 7) is 7.45. The van der Waals surface area contributed by atoms with Crippen LogP contribution >= 0.6 is 15.9 Å². The average molecular weight is 455 g/mol. The summed E-state index contributed by atoms with van der Waals surface area (Å²) in [5.74, 6) is 0.505. The minimum Gasteiger partial charge on any atom is -0.507 e. The molecule has 0 saturated heterocycles. The van der Waals surface area contributed by atoms with Crippen LogP contribution in [0.5, 0.6) is 5.75 Å². The van der Waals surface area contributed by atoms with Gasteiger partial charge in [-0.05, 0) is 52.0 Å². The molecule has 7 nitrogen and oxygen atoms in total. The number of furan rings is 1. The van der Waals surface area contributed by atoms with Crippen LogP contribution in [0.3, 0.4) is 0 Å². The van der Waals surface area contributed by atoms with E-state index < -0.39 is 5.91 Å². The molecule has 2 heterocycles. The van der Waals surface area contributed by atoms with Crippen molar-refractivity contribution in [1.82, 2.24) is 9.99 Å². The molecule has 0 radical (unpaired) electrons. The van der Waals surface area contributed by atoms with Gasteiger partial charge in [-0.3, -0.25) is 9.36 Å². The van der Waals surface area contributed by atoms with Crippen LogP contribution in [0.4, 0.5) is 0 Å². The number of hydrogen-bond acceptors (Lipinski definition) is 5. The SMILES string of the molecule is Cc1oc(-n2c(C)cc(/C=N\NC(=O)c3cc(Br)ccc3O)c2C)c(C#N)c1C. The average Bonchev–Trinajstić information content (AvgIpc) is 3.11. The maximum atomic E-state index is 12.2. The number of benzene rings is 1. The number of nitrogens with one attached hydrogen (secondary N) is 1. The van der Waals surface area contributed by atoms with Gasteiger partial charge in [0.2, 0.25) is 5.88 Å². The van der Waals surface area contributed by atoms with Gasteiger partial charge in [0.1, 0.15) is 23.1 Å². The molecule has 0 atom stereocenters. The molecule has 0 aliphatic heterocycles. The Morgan fingerprint density at radius 1 is 1.31 bits per heavy atom. The predicted molar refractivity (Wildman–Crippen MR) is 113 cm³/mol. The first-order valence-electron chi connectivity index (χ1n) is 8.76. The lowest BCUT2D eigenvalue weighted by molar-refractivity contribution is 0.0952. The molecule has 0 aliphatic rings. The maximum absolute atomic E-state index is 12.2. The number of hydrogen-bond donors (Lipinski definition) is 2. The topological polar surface area (TPSA) is 104 Å². The fraction of sp³-hybridized carbons (Fsp3) is 0.190. The van der Waals surface area contributed by atoms with Crippen molar-refractivity contribution < 1.29 is 14.3 Å². The van der Waals surface area contributed by atoms with E-state index in [1.54, 1.807) is 6.07 Å². The number of nitriles is 1. The van der Waals surface area contributed by atoms with Crippen molar-refractivity contribution in [2.45, 2.75) is 27.7 Å². The Hall–Kier alpha value is -3.31. The van der Waals surface area contributed by atoms with E-state index in [0.717, 1.165) is 22.5 Å². The monoisotopic (exact) mass is 454 g/mol. The number of phenols is 1.